The molecule has 1 N–H and O–H groups in total. The standard InChI is InChI=1S/C18H27F3N2O/c1-13(2)14-4-5-17(24-3)15(12-14)16(6-7-18(19,20)21)23-10-8-22-9-11-23/h4-5,12-13,16,22H,6-11H2,1-3H3/t16-/m0/s1. The van der Waals surface area contributed by atoms with Crippen molar-refractivity contribution in [1.29, 1.82) is 0 Å². The lowest BCUT2D eigenvalue weighted by Gasteiger charge is -2.36. The Bertz CT molecular complexity index is 525. The van der Waals surface area contributed by atoms with Crippen molar-refractivity contribution in [2.75, 3.05) is 33.3 Å². The summed E-state index contributed by atoms with van der Waals surface area (Å²) in [6.07, 6.45) is -4.87. The van der Waals surface area contributed by atoms with Crippen LogP contribution >= 0.6 is 0 Å². The van der Waals surface area contributed by atoms with Crippen molar-refractivity contribution < 1.29 is 17.9 Å². The first-order valence-electron chi connectivity index (χ1n) is 8.51. The number of hydrogen-bond acceptors (Lipinski definition) is 3. The van der Waals surface area contributed by atoms with Crippen LogP contribution in [0.4, 0.5) is 13.2 Å². The van der Waals surface area contributed by atoms with E-state index in [1.807, 2.05) is 18.2 Å². The molecule has 0 radical (unpaired) electrons. The zero-order valence-corrected chi connectivity index (χ0v) is 14.6. The molecule has 0 aliphatic carbocycles. The average molecular weight is 344 g/mol. The second-order valence-electron chi connectivity index (χ2n) is 6.61. The summed E-state index contributed by atoms with van der Waals surface area (Å²) in [5.41, 5.74) is 1.99. The van der Waals surface area contributed by atoms with Crippen LogP contribution in [0.3, 0.4) is 0 Å². The van der Waals surface area contributed by atoms with Gasteiger partial charge in [-0.2, -0.15) is 13.2 Å². The number of piperazine rings is 1. The van der Waals surface area contributed by atoms with E-state index in [9.17, 15) is 13.2 Å². The second kappa shape index (κ2) is 8.21. The predicted octanol–water partition coefficient (Wildman–Crippen LogP) is 4.11. The summed E-state index contributed by atoms with van der Waals surface area (Å²) < 4.78 is 43.9. The zero-order valence-electron chi connectivity index (χ0n) is 14.6. The first-order valence-corrected chi connectivity index (χ1v) is 8.51. The minimum atomic E-state index is -4.14. The molecule has 1 aromatic rings. The van der Waals surface area contributed by atoms with E-state index in [1.165, 1.54) is 0 Å². The van der Waals surface area contributed by atoms with Gasteiger partial charge in [-0.3, -0.25) is 4.90 Å². The van der Waals surface area contributed by atoms with Crippen molar-refractivity contribution in [3.8, 4) is 5.75 Å². The van der Waals surface area contributed by atoms with E-state index in [2.05, 4.69) is 24.1 Å². The van der Waals surface area contributed by atoms with Crippen molar-refractivity contribution in [2.45, 2.75) is 44.8 Å². The molecule has 0 aromatic heterocycles. The van der Waals surface area contributed by atoms with Gasteiger partial charge in [0.25, 0.3) is 0 Å². The third kappa shape index (κ3) is 5.11. The van der Waals surface area contributed by atoms with Crippen LogP contribution in [-0.4, -0.2) is 44.4 Å². The summed E-state index contributed by atoms with van der Waals surface area (Å²) in [6, 6.07) is 5.62. The highest BCUT2D eigenvalue weighted by Gasteiger charge is 2.32. The highest BCUT2D eigenvalue weighted by molar-refractivity contribution is 5.40. The van der Waals surface area contributed by atoms with Gasteiger partial charge in [0.2, 0.25) is 0 Å². The molecule has 1 aliphatic heterocycles. The molecule has 0 saturated carbocycles. The van der Waals surface area contributed by atoms with Crippen LogP contribution in [0, 0.1) is 0 Å². The summed E-state index contributed by atoms with van der Waals surface area (Å²) in [5.74, 6) is 0.992. The van der Waals surface area contributed by atoms with Gasteiger partial charge < -0.3 is 10.1 Å². The Morgan fingerprint density at radius 2 is 1.88 bits per heavy atom. The van der Waals surface area contributed by atoms with E-state index in [-0.39, 0.29) is 12.5 Å². The number of methoxy groups -OCH3 is 1. The van der Waals surface area contributed by atoms with Gasteiger partial charge >= 0.3 is 6.18 Å². The van der Waals surface area contributed by atoms with E-state index < -0.39 is 12.6 Å². The molecule has 1 aliphatic rings. The molecular formula is C18H27F3N2O. The molecule has 136 valence electrons. The Labute approximate surface area is 142 Å². The maximum absolute atomic E-state index is 12.8. The third-order valence-corrected chi connectivity index (χ3v) is 4.57. The molecule has 1 atom stereocenters. The summed E-state index contributed by atoms with van der Waals surface area (Å²) >= 11 is 0. The summed E-state index contributed by atoms with van der Waals surface area (Å²) in [5, 5.41) is 3.26. The highest BCUT2D eigenvalue weighted by Crippen LogP contribution is 2.37. The second-order valence-corrected chi connectivity index (χ2v) is 6.61. The smallest absolute Gasteiger partial charge is 0.389 e. The number of nitrogens with one attached hydrogen (secondary N) is 1. The minimum absolute atomic E-state index is 0.0570. The number of halogens is 3. The molecule has 0 bridgehead atoms. The lowest BCUT2D eigenvalue weighted by molar-refractivity contribution is -0.138. The molecule has 1 aromatic carbocycles. The van der Waals surface area contributed by atoms with Gasteiger partial charge in [0.05, 0.1) is 7.11 Å². The summed E-state index contributed by atoms with van der Waals surface area (Å²) in [4.78, 5) is 2.14. The largest absolute Gasteiger partial charge is 0.496 e. The Balaban J connectivity index is 2.35. The third-order valence-electron chi connectivity index (χ3n) is 4.57. The van der Waals surface area contributed by atoms with Crippen molar-refractivity contribution in [1.82, 2.24) is 10.2 Å². The molecular weight excluding hydrogens is 317 g/mol. The number of hydrogen-bond donors (Lipinski definition) is 1. The Hall–Kier alpha value is -1.27. The Morgan fingerprint density at radius 3 is 2.42 bits per heavy atom. The molecule has 0 spiro atoms. The quantitative estimate of drug-likeness (QED) is 0.841. The number of ether oxygens (including phenoxy) is 1. The first kappa shape index (κ1) is 19.1. The maximum atomic E-state index is 12.8. The Morgan fingerprint density at radius 1 is 1.21 bits per heavy atom. The van der Waals surface area contributed by atoms with Crippen LogP contribution in [0.1, 0.15) is 49.8 Å². The van der Waals surface area contributed by atoms with Crippen LogP contribution in [0.15, 0.2) is 18.2 Å². The van der Waals surface area contributed by atoms with Crippen molar-refractivity contribution in [3.05, 3.63) is 29.3 Å². The summed E-state index contributed by atoms with van der Waals surface area (Å²) in [7, 11) is 1.58. The monoisotopic (exact) mass is 344 g/mol. The van der Waals surface area contributed by atoms with Gasteiger partial charge in [-0.15, -0.1) is 0 Å². The van der Waals surface area contributed by atoms with Gasteiger partial charge in [0, 0.05) is 44.2 Å². The van der Waals surface area contributed by atoms with Crippen LogP contribution in [0.2, 0.25) is 0 Å². The molecule has 1 saturated heterocycles. The van der Waals surface area contributed by atoms with E-state index in [4.69, 9.17) is 4.74 Å². The number of nitrogens with zero attached hydrogens (tertiary/aromatic N) is 1. The molecule has 24 heavy (non-hydrogen) atoms. The fourth-order valence-corrected chi connectivity index (χ4v) is 3.20. The lowest BCUT2D eigenvalue weighted by atomic mass is 9.93. The average Bonchev–Trinajstić information content (AvgIpc) is 2.54. The van der Waals surface area contributed by atoms with Gasteiger partial charge in [-0.05, 0) is 24.0 Å². The molecule has 3 nitrogen and oxygen atoms in total. The maximum Gasteiger partial charge on any atom is 0.389 e. The van der Waals surface area contributed by atoms with Gasteiger partial charge in [0.15, 0.2) is 0 Å². The van der Waals surface area contributed by atoms with Crippen LogP contribution in [0.5, 0.6) is 5.75 Å². The molecule has 0 unspecified atom stereocenters. The zero-order chi connectivity index (χ0) is 17.7. The SMILES string of the molecule is COc1ccc(C(C)C)cc1[C@H](CCC(F)(F)F)N1CCNCC1. The van der Waals surface area contributed by atoms with Crippen molar-refractivity contribution in [3.63, 3.8) is 0 Å². The van der Waals surface area contributed by atoms with Gasteiger partial charge in [-0.25, -0.2) is 0 Å². The molecule has 1 heterocycles. The van der Waals surface area contributed by atoms with E-state index in [0.717, 1.165) is 37.3 Å². The molecule has 0 amide bonds. The molecule has 6 heteroatoms. The van der Waals surface area contributed by atoms with Crippen LogP contribution in [0.25, 0.3) is 0 Å². The van der Waals surface area contributed by atoms with E-state index in [0.29, 0.717) is 11.7 Å². The fraction of sp³-hybridized carbons (Fsp3) is 0.667. The van der Waals surface area contributed by atoms with Gasteiger partial charge in [-0.1, -0.05) is 26.0 Å². The lowest BCUT2D eigenvalue weighted by Crippen LogP contribution is -2.45. The predicted molar refractivity (Wildman–Crippen MR) is 89.6 cm³/mol. The molecule has 2 rings (SSSR count). The van der Waals surface area contributed by atoms with Gasteiger partial charge in [0.1, 0.15) is 5.75 Å². The van der Waals surface area contributed by atoms with Crippen molar-refractivity contribution in [2.24, 2.45) is 0 Å². The number of rotatable bonds is 6. The Kier molecular flexibility index (Phi) is 6.52. The molecule has 1 fully saturated rings. The normalized spacial score (nSPS) is 18.0. The van der Waals surface area contributed by atoms with E-state index in [1.54, 1.807) is 7.11 Å². The van der Waals surface area contributed by atoms with Crippen molar-refractivity contribution >= 4 is 0 Å². The van der Waals surface area contributed by atoms with Crippen LogP contribution in [-0.2, 0) is 0 Å². The number of benzene rings is 1. The van der Waals surface area contributed by atoms with Crippen LogP contribution < -0.4 is 10.1 Å². The number of alkyl halides is 3. The topological polar surface area (TPSA) is 24.5 Å². The fourth-order valence-electron chi connectivity index (χ4n) is 3.20. The summed E-state index contributed by atoms with van der Waals surface area (Å²) in [6.45, 7) is 7.26. The van der Waals surface area contributed by atoms with E-state index >= 15 is 0 Å². The highest BCUT2D eigenvalue weighted by atomic mass is 19.4. The minimum Gasteiger partial charge on any atom is -0.496 e. The first-order chi connectivity index (χ1) is 11.3.